The van der Waals surface area contributed by atoms with Gasteiger partial charge in [-0.05, 0) is 11.0 Å². The third-order valence-corrected chi connectivity index (χ3v) is 4.44. The highest BCUT2D eigenvalue weighted by molar-refractivity contribution is 5.86. The van der Waals surface area contributed by atoms with Gasteiger partial charge in [-0.2, -0.15) is 5.10 Å². The first kappa shape index (κ1) is 23.6. The lowest BCUT2D eigenvalue weighted by atomic mass is 10.1. The van der Waals surface area contributed by atoms with Gasteiger partial charge < -0.3 is 14.7 Å². The summed E-state index contributed by atoms with van der Waals surface area (Å²) in [5.74, 6) is -0.855. The van der Waals surface area contributed by atoms with Crippen LogP contribution in [0.15, 0.2) is 46.1 Å². The maximum atomic E-state index is 12.1. The average Bonchev–Trinajstić information content (AvgIpc) is 3.15. The summed E-state index contributed by atoms with van der Waals surface area (Å²) in [6.07, 6.45) is 1.10. The van der Waals surface area contributed by atoms with Gasteiger partial charge in [-0.25, -0.2) is 5.43 Å². The smallest absolute Gasteiger partial charge is 0.285 e. The van der Waals surface area contributed by atoms with E-state index >= 15 is 0 Å². The third-order valence-electron chi connectivity index (χ3n) is 4.44. The number of methoxy groups -OCH3 is 1. The summed E-state index contributed by atoms with van der Waals surface area (Å²) in [5, 5.41) is 41.3. The number of hydrogen-bond acceptors (Lipinski definition) is 11. The molecule has 0 saturated heterocycles. The van der Waals surface area contributed by atoms with Crippen LogP contribution in [0.1, 0.15) is 11.3 Å². The van der Waals surface area contributed by atoms with Crippen LogP contribution in [0.2, 0.25) is 0 Å². The zero-order chi connectivity index (χ0) is 24.8. The van der Waals surface area contributed by atoms with Crippen LogP contribution in [0.4, 0.5) is 11.4 Å². The maximum Gasteiger partial charge on any atom is 0.285 e. The van der Waals surface area contributed by atoms with Gasteiger partial charge in [0.05, 0.1) is 34.8 Å². The zero-order valence-corrected chi connectivity index (χ0v) is 17.7. The number of para-hydroxylation sites is 1. The second-order valence-corrected chi connectivity index (χ2v) is 6.54. The summed E-state index contributed by atoms with van der Waals surface area (Å²) < 4.78 is 15.0. The number of nitro benzene ring substituents is 2. The molecule has 15 heteroatoms. The molecule has 2 aromatic carbocycles. The van der Waals surface area contributed by atoms with Gasteiger partial charge >= 0.3 is 0 Å². The largest absolute Gasteiger partial charge is 0.493 e. The van der Waals surface area contributed by atoms with Crippen molar-refractivity contribution >= 4 is 23.5 Å². The topological polar surface area (TPSA) is 199 Å². The van der Waals surface area contributed by atoms with Crippen molar-refractivity contribution in [3.8, 4) is 22.8 Å². The second-order valence-electron chi connectivity index (χ2n) is 6.54. The number of amides is 1. The first-order valence-electron chi connectivity index (χ1n) is 9.34. The molecular formula is C19H16N6O9. The minimum absolute atomic E-state index is 0.00489. The number of carbonyl (C=O) groups excluding carboxylic acids is 1. The van der Waals surface area contributed by atoms with Crippen LogP contribution in [0, 0.1) is 32.4 Å². The highest BCUT2D eigenvalue weighted by Crippen LogP contribution is 2.39. The summed E-state index contributed by atoms with van der Waals surface area (Å²) in [7, 11) is 1.28. The Morgan fingerprint density at radius 2 is 1.91 bits per heavy atom. The van der Waals surface area contributed by atoms with Gasteiger partial charge in [0.25, 0.3) is 23.0 Å². The SMILES string of the molecule is COc1cc(-c2no[n+]([O-])c2C)c([N+](=O)[O-])cc1OCC(=O)N/N=C/c1ccccc1[N+](=O)[O-]. The molecule has 0 saturated carbocycles. The molecule has 15 nitrogen and oxygen atoms in total. The van der Waals surface area contributed by atoms with E-state index in [9.17, 15) is 30.2 Å². The summed E-state index contributed by atoms with van der Waals surface area (Å²) in [6.45, 7) is 0.763. The van der Waals surface area contributed by atoms with Gasteiger partial charge in [-0.1, -0.05) is 12.1 Å². The number of hydrazone groups is 1. The maximum absolute atomic E-state index is 12.1. The van der Waals surface area contributed by atoms with Crippen molar-refractivity contribution < 1.29 is 33.6 Å². The van der Waals surface area contributed by atoms with E-state index in [0.29, 0.717) is 0 Å². The van der Waals surface area contributed by atoms with Crippen molar-refractivity contribution in [2.75, 3.05) is 13.7 Å². The third kappa shape index (κ3) is 5.04. The van der Waals surface area contributed by atoms with Gasteiger partial charge in [0.1, 0.15) is 5.56 Å². The molecule has 0 radical (unpaired) electrons. The minimum atomic E-state index is -0.747. The van der Waals surface area contributed by atoms with Crippen molar-refractivity contribution in [2.24, 2.45) is 5.10 Å². The van der Waals surface area contributed by atoms with E-state index < -0.39 is 28.0 Å². The Kier molecular flexibility index (Phi) is 6.95. The van der Waals surface area contributed by atoms with Gasteiger partial charge in [0.2, 0.25) is 5.69 Å². The fourth-order valence-electron chi connectivity index (χ4n) is 2.81. The number of rotatable bonds is 9. The molecule has 3 rings (SSSR count). The molecule has 0 aliphatic heterocycles. The molecule has 0 unspecified atom stereocenters. The molecule has 0 spiro atoms. The molecule has 0 bridgehead atoms. The molecule has 0 fully saturated rings. The average molecular weight is 472 g/mol. The Balaban J connectivity index is 1.76. The Morgan fingerprint density at radius 1 is 1.21 bits per heavy atom. The van der Waals surface area contributed by atoms with Crippen LogP contribution in [0.5, 0.6) is 11.5 Å². The van der Waals surface area contributed by atoms with Gasteiger partial charge in [0.15, 0.2) is 18.1 Å². The van der Waals surface area contributed by atoms with Gasteiger partial charge in [-0.3, -0.25) is 29.7 Å². The molecule has 1 heterocycles. The van der Waals surface area contributed by atoms with E-state index in [2.05, 4.69) is 20.3 Å². The number of aromatic nitrogens is 2. The Morgan fingerprint density at radius 3 is 2.53 bits per heavy atom. The molecular weight excluding hydrogens is 456 g/mol. The monoisotopic (exact) mass is 472 g/mol. The number of ether oxygens (including phenoxy) is 2. The number of benzene rings is 2. The van der Waals surface area contributed by atoms with E-state index in [0.717, 1.165) is 12.3 Å². The van der Waals surface area contributed by atoms with E-state index in [1.54, 1.807) is 6.07 Å². The van der Waals surface area contributed by atoms with Gasteiger partial charge in [0, 0.05) is 24.2 Å². The van der Waals surface area contributed by atoms with Crippen molar-refractivity contribution in [1.82, 2.24) is 10.6 Å². The number of nitrogens with one attached hydrogen (secondary N) is 1. The fraction of sp³-hybridized carbons (Fsp3) is 0.158. The lowest BCUT2D eigenvalue weighted by Gasteiger charge is -2.11. The van der Waals surface area contributed by atoms with E-state index in [1.807, 2.05) is 0 Å². The molecule has 34 heavy (non-hydrogen) atoms. The van der Waals surface area contributed by atoms with Crippen molar-refractivity contribution in [1.29, 1.82) is 0 Å². The van der Waals surface area contributed by atoms with Crippen LogP contribution in [0.3, 0.4) is 0 Å². The summed E-state index contributed by atoms with van der Waals surface area (Å²) in [4.78, 5) is 33.4. The summed E-state index contributed by atoms with van der Waals surface area (Å²) in [5.41, 5.74) is 1.52. The van der Waals surface area contributed by atoms with Crippen LogP contribution >= 0.6 is 0 Å². The number of nitrogens with zero attached hydrogens (tertiary/aromatic N) is 5. The molecule has 1 aromatic heterocycles. The van der Waals surface area contributed by atoms with E-state index in [1.165, 1.54) is 38.3 Å². The number of hydrogen-bond donors (Lipinski definition) is 1. The van der Waals surface area contributed by atoms with Crippen LogP contribution in [0.25, 0.3) is 11.3 Å². The number of nitro groups is 2. The molecule has 176 valence electrons. The quantitative estimate of drug-likeness (QED) is 0.206. The minimum Gasteiger partial charge on any atom is -0.493 e. The highest BCUT2D eigenvalue weighted by atomic mass is 16.8. The summed E-state index contributed by atoms with van der Waals surface area (Å²) >= 11 is 0. The predicted octanol–water partition coefficient (Wildman–Crippen LogP) is 1.64. The molecule has 1 N–H and O–H groups in total. The predicted molar refractivity (Wildman–Crippen MR) is 113 cm³/mol. The first-order valence-corrected chi connectivity index (χ1v) is 9.34. The Bertz CT molecular complexity index is 1290. The normalized spacial score (nSPS) is 10.8. The first-order chi connectivity index (χ1) is 16.2. The molecule has 0 aliphatic carbocycles. The van der Waals surface area contributed by atoms with E-state index in [4.69, 9.17) is 9.47 Å². The molecule has 0 aliphatic rings. The molecule has 0 atom stereocenters. The Labute approximate surface area is 190 Å². The fourth-order valence-corrected chi connectivity index (χ4v) is 2.81. The van der Waals surface area contributed by atoms with Crippen molar-refractivity contribution in [3.63, 3.8) is 0 Å². The van der Waals surface area contributed by atoms with Crippen LogP contribution in [-0.2, 0) is 4.79 Å². The standard InChI is InChI=1S/C19H16N6O9/c1-11-19(22-34-25(11)31)13-7-16(32-2)17(8-15(13)24(29)30)33-10-18(26)21-20-9-12-5-3-4-6-14(12)23(27)28/h3-9H,10H2,1-2H3,(H,21,26)/b20-9+. The van der Waals surface area contributed by atoms with E-state index in [-0.39, 0.29) is 44.6 Å². The van der Waals surface area contributed by atoms with Crippen molar-refractivity contribution in [3.05, 3.63) is 73.1 Å². The lowest BCUT2D eigenvalue weighted by Crippen LogP contribution is -2.25. The highest BCUT2D eigenvalue weighted by Gasteiger charge is 2.29. The Hall–Kier alpha value is -5.08. The molecule has 3 aromatic rings. The van der Waals surface area contributed by atoms with Crippen LogP contribution in [-0.4, -0.2) is 40.8 Å². The number of carbonyl (C=O) groups is 1. The van der Waals surface area contributed by atoms with Gasteiger partial charge in [-0.15, -0.1) is 0 Å². The second kappa shape index (κ2) is 10.0. The molecule has 1 amide bonds. The lowest BCUT2D eigenvalue weighted by molar-refractivity contribution is -0.806. The van der Waals surface area contributed by atoms with Crippen molar-refractivity contribution in [2.45, 2.75) is 6.92 Å². The summed E-state index contributed by atoms with van der Waals surface area (Å²) in [6, 6.07) is 8.03. The zero-order valence-electron chi connectivity index (χ0n) is 17.7. The van der Waals surface area contributed by atoms with Crippen LogP contribution < -0.4 is 19.8 Å².